The van der Waals surface area contributed by atoms with Crippen LogP contribution in [0.3, 0.4) is 0 Å². The summed E-state index contributed by atoms with van der Waals surface area (Å²) in [5.41, 5.74) is 0.467. The number of amides is 1. The number of carbonyl (C=O) groups excluding carboxylic acids is 1. The molecule has 0 aliphatic heterocycles. The van der Waals surface area contributed by atoms with E-state index >= 15 is 0 Å². The number of hydrogen-bond acceptors (Lipinski definition) is 3. The maximum absolute atomic E-state index is 11.6. The molecule has 0 unspecified atom stereocenters. The number of ketones is 1. The predicted octanol–water partition coefficient (Wildman–Crippen LogP) is 1.49. The Morgan fingerprint density at radius 3 is 2.31 bits per heavy atom. The molecular weight excluding hydrogens is 210 g/mol. The zero-order valence-corrected chi connectivity index (χ0v) is 9.14. The van der Waals surface area contributed by atoms with Crippen LogP contribution in [0.15, 0.2) is 24.3 Å². The van der Waals surface area contributed by atoms with E-state index in [1.165, 1.54) is 14.2 Å². The number of methoxy groups -OCH3 is 1. The van der Waals surface area contributed by atoms with Gasteiger partial charge in [0.25, 0.3) is 0 Å². The van der Waals surface area contributed by atoms with Crippen LogP contribution in [0, 0.1) is 0 Å². The molecular formula is C11H13NO4. The number of rotatable bonds is 4. The van der Waals surface area contributed by atoms with Gasteiger partial charge in [0.2, 0.25) is 0 Å². The monoisotopic (exact) mass is 223 g/mol. The van der Waals surface area contributed by atoms with Gasteiger partial charge in [-0.25, -0.2) is 4.79 Å². The van der Waals surface area contributed by atoms with Crippen LogP contribution in [0.1, 0.15) is 10.4 Å². The van der Waals surface area contributed by atoms with E-state index in [-0.39, 0.29) is 12.3 Å². The van der Waals surface area contributed by atoms with Gasteiger partial charge in [-0.15, -0.1) is 0 Å². The molecule has 0 saturated carbocycles. The third kappa shape index (κ3) is 2.98. The maximum Gasteiger partial charge on any atom is 0.407 e. The van der Waals surface area contributed by atoms with Gasteiger partial charge in [-0.1, -0.05) is 0 Å². The largest absolute Gasteiger partial charge is 0.497 e. The second-order valence-electron chi connectivity index (χ2n) is 3.29. The number of carboxylic acid groups (broad SMARTS) is 1. The highest BCUT2D eigenvalue weighted by Gasteiger charge is 2.12. The predicted molar refractivity (Wildman–Crippen MR) is 58.0 cm³/mol. The summed E-state index contributed by atoms with van der Waals surface area (Å²) in [6.45, 7) is -0.151. The number of carbonyl (C=O) groups is 2. The van der Waals surface area contributed by atoms with Crippen molar-refractivity contribution in [3.63, 3.8) is 0 Å². The Labute approximate surface area is 93.2 Å². The van der Waals surface area contributed by atoms with Crippen molar-refractivity contribution in [1.29, 1.82) is 0 Å². The lowest BCUT2D eigenvalue weighted by Crippen LogP contribution is -2.30. The molecule has 0 aromatic heterocycles. The van der Waals surface area contributed by atoms with Crippen molar-refractivity contribution in [2.45, 2.75) is 0 Å². The van der Waals surface area contributed by atoms with Gasteiger partial charge in [0.1, 0.15) is 5.75 Å². The molecule has 0 spiro atoms. The first-order chi connectivity index (χ1) is 7.54. The van der Waals surface area contributed by atoms with Crippen molar-refractivity contribution >= 4 is 11.9 Å². The number of Topliss-reactive ketones (excluding diaryl/α,β-unsaturated/α-hetero) is 1. The molecule has 0 aliphatic rings. The van der Waals surface area contributed by atoms with Crippen LogP contribution in [0.4, 0.5) is 4.79 Å². The van der Waals surface area contributed by atoms with Crippen LogP contribution in [0.2, 0.25) is 0 Å². The molecule has 0 atom stereocenters. The zero-order valence-electron chi connectivity index (χ0n) is 9.14. The van der Waals surface area contributed by atoms with Gasteiger partial charge in [0, 0.05) is 12.6 Å². The van der Waals surface area contributed by atoms with Crippen LogP contribution in [0.25, 0.3) is 0 Å². The Bertz CT molecular complexity index is 385. The smallest absolute Gasteiger partial charge is 0.407 e. The molecule has 0 heterocycles. The van der Waals surface area contributed by atoms with Crippen molar-refractivity contribution < 1.29 is 19.4 Å². The molecule has 0 fully saturated rings. The molecule has 0 aliphatic carbocycles. The number of likely N-dealkylation sites (N-methyl/N-ethyl adjacent to an activating group) is 1. The highest BCUT2D eigenvalue weighted by atomic mass is 16.5. The molecule has 1 aromatic carbocycles. The molecule has 1 rings (SSSR count). The second-order valence-corrected chi connectivity index (χ2v) is 3.29. The molecule has 86 valence electrons. The Balaban J connectivity index is 2.69. The molecule has 16 heavy (non-hydrogen) atoms. The average molecular weight is 223 g/mol. The topological polar surface area (TPSA) is 66.8 Å². The molecule has 0 radical (unpaired) electrons. The summed E-state index contributed by atoms with van der Waals surface area (Å²) < 4.78 is 4.95. The van der Waals surface area contributed by atoms with E-state index in [1.54, 1.807) is 24.3 Å². The first-order valence-electron chi connectivity index (χ1n) is 4.66. The van der Waals surface area contributed by atoms with E-state index in [9.17, 15) is 9.59 Å². The van der Waals surface area contributed by atoms with Crippen LogP contribution in [-0.4, -0.2) is 42.6 Å². The SMILES string of the molecule is COc1ccc(C(=O)CN(C)C(=O)O)cc1. The first-order valence-corrected chi connectivity index (χ1v) is 4.66. The first kappa shape index (κ1) is 12.0. The minimum atomic E-state index is -1.12. The highest BCUT2D eigenvalue weighted by molar-refractivity contribution is 5.98. The quantitative estimate of drug-likeness (QED) is 0.785. The zero-order chi connectivity index (χ0) is 12.1. The van der Waals surface area contributed by atoms with E-state index in [1.807, 2.05) is 0 Å². The Hall–Kier alpha value is -2.04. The minimum absolute atomic E-state index is 0.151. The Kier molecular flexibility index (Phi) is 3.88. The van der Waals surface area contributed by atoms with Crippen molar-refractivity contribution in [1.82, 2.24) is 4.90 Å². The summed E-state index contributed by atoms with van der Waals surface area (Å²) in [6, 6.07) is 6.54. The van der Waals surface area contributed by atoms with Crippen molar-refractivity contribution in [2.75, 3.05) is 20.7 Å². The van der Waals surface area contributed by atoms with E-state index in [2.05, 4.69) is 0 Å². The molecule has 1 N–H and O–H groups in total. The number of ether oxygens (including phenoxy) is 1. The van der Waals surface area contributed by atoms with Crippen LogP contribution >= 0.6 is 0 Å². The van der Waals surface area contributed by atoms with Crippen LogP contribution in [-0.2, 0) is 0 Å². The van der Waals surface area contributed by atoms with E-state index in [0.717, 1.165) is 4.90 Å². The van der Waals surface area contributed by atoms with Crippen molar-refractivity contribution in [3.8, 4) is 5.75 Å². The second kappa shape index (κ2) is 5.16. The summed E-state index contributed by atoms with van der Waals surface area (Å²) in [4.78, 5) is 23.1. The lowest BCUT2D eigenvalue weighted by Gasteiger charge is -2.11. The fourth-order valence-corrected chi connectivity index (χ4v) is 1.15. The van der Waals surface area contributed by atoms with Crippen LogP contribution in [0.5, 0.6) is 5.75 Å². The third-order valence-corrected chi connectivity index (χ3v) is 2.12. The molecule has 0 saturated heterocycles. The van der Waals surface area contributed by atoms with Gasteiger partial charge in [-0.2, -0.15) is 0 Å². The fraction of sp³-hybridized carbons (Fsp3) is 0.273. The molecule has 5 nitrogen and oxygen atoms in total. The van der Waals surface area contributed by atoms with E-state index < -0.39 is 6.09 Å². The van der Waals surface area contributed by atoms with Crippen LogP contribution < -0.4 is 4.74 Å². The van der Waals surface area contributed by atoms with Gasteiger partial charge < -0.3 is 14.7 Å². The van der Waals surface area contributed by atoms with Crippen molar-refractivity contribution in [3.05, 3.63) is 29.8 Å². The standard InChI is InChI=1S/C11H13NO4/c1-12(11(14)15)7-10(13)8-3-5-9(16-2)6-4-8/h3-6H,7H2,1-2H3,(H,14,15). The molecule has 1 amide bonds. The number of benzene rings is 1. The fourth-order valence-electron chi connectivity index (χ4n) is 1.15. The lowest BCUT2D eigenvalue weighted by molar-refractivity contribution is 0.0929. The van der Waals surface area contributed by atoms with Gasteiger partial charge >= 0.3 is 6.09 Å². The summed E-state index contributed by atoms with van der Waals surface area (Å²) >= 11 is 0. The third-order valence-electron chi connectivity index (χ3n) is 2.12. The van der Waals surface area contributed by atoms with Gasteiger partial charge in [-0.3, -0.25) is 4.79 Å². The number of nitrogens with zero attached hydrogens (tertiary/aromatic N) is 1. The maximum atomic E-state index is 11.6. The van der Waals surface area contributed by atoms with Gasteiger partial charge in [0.15, 0.2) is 5.78 Å². The van der Waals surface area contributed by atoms with Crippen molar-refractivity contribution in [2.24, 2.45) is 0 Å². The number of hydrogen-bond donors (Lipinski definition) is 1. The highest BCUT2D eigenvalue weighted by Crippen LogP contribution is 2.11. The summed E-state index contributed by atoms with van der Waals surface area (Å²) in [5.74, 6) is 0.413. The average Bonchev–Trinajstić information content (AvgIpc) is 2.28. The lowest BCUT2D eigenvalue weighted by atomic mass is 10.1. The summed E-state index contributed by atoms with van der Waals surface area (Å²) in [7, 11) is 2.89. The van der Waals surface area contributed by atoms with E-state index in [4.69, 9.17) is 9.84 Å². The molecule has 5 heteroatoms. The molecule has 1 aromatic rings. The Morgan fingerprint density at radius 2 is 1.88 bits per heavy atom. The van der Waals surface area contributed by atoms with E-state index in [0.29, 0.717) is 11.3 Å². The summed E-state index contributed by atoms with van der Waals surface area (Å²) in [5, 5.41) is 8.61. The Morgan fingerprint density at radius 1 is 1.31 bits per heavy atom. The summed E-state index contributed by atoms with van der Waals surface area (Å²) in [6.07, 6.45) is -1.12. The van der Waals surface area contributed by atoms with Gasteiger partial charge in [0.05, 0.1) is 13.7 Å². The molecule has 0 bridgehead atoms. The minimum Gasteiger partial charge on any atom is -0.497 e. The van der Waals surface area contributed by atoms with Gasteiger partial charge in [-0.05, 0) is 24.3 Å². The normalized spacial score (nSPS) is 9.62.